The monoisotopic (exact) mass is 470 g/mol. The fraction of sp³-hybridized carbons (Fsp3) is 0.690. The van der Waals surface area contributed by atoms with Gasteiger partial charge in [-0.15, -0.1) is 0 Å². The van der Waals surface area contributed by atoms with E-state index in [1.807, 2.05) is 30.3 Å². The van der Waals surface area contributed by atoms with Gasteiger partial charge >= 0.3 is 5.97 Å². The van der Waals surface area contributed by atoms with Crippen molar-refractivity contribution >= 4 is 12.0 Å². The number of nitrogens with one attached hydrogen (secondary N) is 2. The van der Waals surface area contributed by atoms with Gasteiger partial charge in [-0.2, -0.15) is 0 Å². The number of hydrogen-bond acceptors (Lipinski definition) is 5. The molecule has 1 aromatic rings. The topological polar surface area (TPSA) is 59.6 Å². The third-order valence-electron chi connectivity index (χ3n) is 6.93. The minimum Gasteiger partial charge on any atom is -0.497 e. The lowest BCUT2D eigenvalue weighted by Crippen LogP contribution is -2.59. The largest absolute Gasteiger partial charge is 0.497 e. The first kappa shape index (κ1) is 26.7. The van der Waals surface area contributed by atoms with E-state index in [1.165, 1.54) is 0 Å². The smallest absolute Gasteiger partial charge is 0.334 e. The summed E-state index contributed by atoms with van der Waals surface area (Å²) < 4.78 is 11.5. The molecule has 2 saturated heterocycles. The van der Waals surface area contributed by atoms with Gasteiger partial charge in [0.15, 0.2) is 0 Å². The van der Waals surface area contributed by atoms with Crippen LogP contribution in [-0.4, -0.2) is 41.3 Å². The van der Waals surface area contributed by atoms with Gasteiger partial charge in [-0.3, -0.25) is 0 Å². The van der Waals surface area contributed by atoms with Gasteiger partial charge in [-0.25, -0.2) is 4.79 Å². The van der Waals surface area contributed by atoms with Crippen molar-refractivity contribution in [3.63, 3.8) is 0 Å². The van der Waals surface area contributed by atoms with E-state index in [9.17, 15) is 4.79 Å². The highest BCUT2D eigenvalue weighted by atomic mass is 16.5. The van der Waals surface area contributed by atoms with Crippen LogP contribution in [0.1, 0.15) is 93.1 Å². The average molecular weight is 471 g/mol. The second-order valence-electron chi connectivity index (χ2n) is 13.1. The van der Waals surface area contributed by atoms with Gasteiger partial charge in [-0.1, -0.05) is 12.1 Å². The molecule has 0 aliphatic carbocycles. The SMILES string of the molecule is COc1ccc(/C=C(\CC2CC(C)(C)NC(C)(C)C2)C(=O)OC2CC(C)(C)NC(C)(C)C2)cc1. The van der Waals surface area contributed by atoms with Crippen molar-refractivity contribution < 1.29 is 14.3 Å². The van der Waals surface area contributed by atoms with Crippen LogP contribution in [0.2, 0.25) is 0 Å². The maximum absolute atomic E-state index is 13.6. The van der Waals surface area contributed by atoms with Crippen LogP contribution in [0, 0.1) is 5.92 Å². The van der Waals surface area contributed by atoms with Gasteiger partial charge in [-0.05, 0) is 104 Å². The third kappa shape index (κ3) is 7.58. The average Bonchev–Trinajstić information content (AvgIpc) is 2.63. The first-order valence-corrected chi connectivity index (χ1v) is 12.7. The molecule has 0 bridgehead atoms. The summed E-state index contributed by atoms with van der Waals surface area (Å²) in [6.07, 6.45) is 6.31. The molecule has 5 heteroatoms. The van der Waals surface area contributed by atoms with Crippen molar-refractivity contribution in [1.82, 2.24) is 10.6 Å². The summed E-state index contributed by atoms with van der Waals surface area (Å²) in [6.45, 7) is 17.8. The first-order chi connectivity index (χ1) is 15.6. The molecule has 0 aromatic heterocycles. The van der Waals surface area contributed by atoms with Crippen LogP contribution < -0.4 is 15.4 Å². The highest BCUT2D eigenvalue weighted by Gasteiger charge is 2.41. The van der Waals surface area contributed by atoms with Crippen LogP contribution in [0.25, 0.3) is 6.08 Å². The molecule has 0 amide bonds. The Bertz CT molecular complexity index is 864. The number of esters is 1. The molecule has 2 N–H and O–H groups in total. The van der Waals surface area contributed by atoms with Crippen LogP contribution in [0.5, 0.6) is 5.75 Å². The fourth-order valence-corrected chi connectivity index (χ4v) is 6.63. The Labute approximate surface area is 207 Å². The molecular weight excluding hydrogens is 424 g/mol. The van der Waals surface area contributed by atoms with Crippen molar-refractivity contribution in [2.24, 2.45) is 5.92 Å². The van der Waals surface area contributed by atoms with E-state index < -0.39 is 0 Å². The molecule has 3 rings (SSSR count). The van der Waals surface area contributed by atoms with E-state index in [0.29, 0.717) is 5.92 Å². The molecule has 0 spiro atoms. The molecule has 0 atom stereocenters. The summed E-state index contributed by atoms with van der Waals surface area (Å²) in [5, 5.41) is 7.43. The van der Waals surface area contributed by atoms with Crippen molar-refractivity contribution in [2.45, 2.75) is 116 Å². The molecule has 2 fully saturated rings. The van der Waals surface area contributed by atoms with Crippen molar-refractivity contribution in [2.75, 3.05) is 7.11 Å². The predicted octanol–water partition coefficient (Wildman–Crippen LogP) is 5.88. The van der Waals surface area contributed by atoms with E-state index >= 15 is 0 Å². The number of piperidine rings is 2. The summed E-state index contributed by atoms with van der Waals surface area (Å²) in [5.74, 6) is 1.04. The Hall–Kier alpha value is -1.85. The predicted molar refractivity (Wildman–Crippen MR) is 140 cm³/mol. The van der Waals surface area contributed by atoms with Gasteiger partial charge < -0.3 is 20.1 Å². The molecule has 2 aliphatic rings. The summed E-state index contributed by atoms with van der Waals surface area (Å²) in [6, 6.07) is 7.87. The number of carbonyl (C=O) groups excluding carboxylic acids is 1. The Kier molecular flexibility index (Phi) is 7.60. The molecule has 1 aromatic carbocycles. The molecule has 34 heavy (non-hydrogen) atoms. The van der Waals surface area contributed by atoms with Gasteiger partial charge in [0, 0.05) is 40.6 Å². The maximum atomic E-state index is 13.6. The number of benzene rings is 1. The number of carbonyl (C=O) groups is 1. The second-order valence-corrected chi connectivity index (χ2v) is 13.1. The second kappa shape index (κ2) is 9.66. The van der Waals surface area contributed by atoms with Crippen molar-refractivity contribution in [3.05, 3.63) is 35.4 Å². The van der Waals surface area contributed by atoms with Gasteiger partial charge in [0.25, 0.3) is 0 Å². The van der Waals surface area contributed by atoms with Gasteiger partial charge in [0.2, 0.25) is 0 Å². The highest BCUT2D eigenvalue weighted by Crippen LogP contribution is 2.37. The van der Waals surface area contributed by atoms with Crippen LogP contribution >= 0.6 is 0 Å². The summed E-state index contributed by atoms with van der Waals surface area (Å²) in [4.78, 5) is 13.6. The molecule has 5 nitrogen and oxygen atoms in total. The summed E-state index contributed by atoms with van der Waals surface area (Å²) in [5.41, 5.74) is 1.67. The van der Waals surface area contributed by atoms with E-state index in [2.05, 4.69) is 66.0 Å². The Morgan fingerprint density at radius 3 is 1.79 bits per heavy atom. The maximum Gasteiger partial charge on any atom is 0.334 e. The van der Waals surface area contributed by atoms with Gasteiger partial charge in [0.05, 0.1) is 7.11 Å². The Balaban J connectivity index is 1.85. The lowest BCUT2D eigenvalue weighted by molar-refractivity contribution is -0.148. The number of hydrogen-bond donors (Lipinski definition) is 2. The Morgan fingerprint density at radius 1 is 0.853 bits per heavy atom. The Morgan fingerprint density at radius 2 is 1.32 bits per heavy atom. The number of rotatable bonds is 6. The van der Waals surface area contributed by atoms with Gasteiger partial charge in [0.1, 0.15) is 11.9 Å². The summed E-state index contributed by atoms with van der Waals surface area (Å²) in [7, 11) is 1.66. The third-order valence-corrected chi connectivity index (χ3v) is 6.93. The standard InChI is InChI=1S/C29H46N2O3/c1-26(2)16-21(17-27(3,4)30-26)15-22(14-20-10-12-23(33-9)13-11-20)25(32)34-24-18-28(5,6)31-29(7,8)19-24/h10-14,21,24,30-31H,15-19H2,1-9H3/b22-14+. The normalized spacial score (nSPS) is 24.4. The van der Waals surface area contributed by atoms with E-state index in [-0.39, 0.29) is 34.2 Å². The van der Waals surface area contributed by atoms with E-state index in [4.69, 9.17) is 9.47 Å². The minimum absolute atomic E-state index is 0.0324. The molecule has 190 valence electrons. The minimum atomic E-state index is -0.177. The fourth-order valence-electron chi connectivity index (χ4n) is 6.63. The quantitative estimate of drug-likeness (QED) is 0.402. The summed E-state index contributed by atoms with van der Waals surface area (Å²) >= 11 is 0. The van der Waals surface area contributed by atoms with Crippen molar-refractivity contribution in [3.8, 4) is 5.75 Å². The van der Waals surface area contributed by atoms with E-state index in [1.54, 1.807) is 7.11 Å². The highest BCUT2D eigenvalue weighted by molar-refractivity contribution is 5.93. The lowest BCUT2D eigenvalue weighted by Gasteiger charge is -2.47. The molecule has 0 unspecified atom stereocenters. The number of ether oxygens (including phenoxy) is 2. The molecule has 2 heterocycles. The number of methoxy groups -OCH3 is 1. The zero-order valence-corrected chi connectivity index (χ0v) is 22.8. The van der Waals surface area contributed by atoms with Crippen LogP contribution in [0.15, 0.2) is 29.8 Å². The molecular formula is C29H46N2O3. The zero-order chi connectivity index (χ0) is 25.4. The first-order valence-electron chi connectivity index (χ1n) is 12.7. The molecule has 0 radical (unpaired) electrons. The molecule has 2 aliphatic heterocycles. The lowest BCUT2D eigenvalue weighted by atomic mass is 9.73. The van der Waals surface area contributed by atoms with Crippen LogP contribution in [0.3, 0.4) is 0 Å². The van der Waals surface area contributed by atoms with Crippen molar-refractivity contribution in [1.29, 1.82) is 0 Å². The molecule has 0 saturated carbocycles. The van der Waals surface area contributed by atoms with Crippen LogP contribution in [0.4, 0.5) is 0 Å². The van der Waals surface area contributed by atoms with Crippen LogP contribution in [-0.2, 0) is 9.53 Å². The zero-order valence-electron chi connectivity index (χ0n) is 22.8. The van der Waals surface area contributed by atoms with E-state index in [0.717, 1.165) is 49.0 Å².